The Kier molecular flexibility index (Phi) is 9.19. The number of hydrogen-bond acceptors (Lipinski definition) is 7. The lowest BCUT2D eigenvalue weighted by molar-refractivity contribution is -0.116. The van der Waals surface area contributed by atoms with Crippen LogP contribution in [-0.4, -0.2) is 68.0 Å². The highest BCUT2D eigenvalue weighted by molar-refractivity contribution is 8.00. The summed E-state index contributed by atoms with van der Waals surface area (Å²) < 4.78 is 11.8. The molecule has 1 fully saturated rings. The number of ether oxygens (including phenoxy) is 2. The van der Waals surface area contributed by atoms with Gasteiger partial charge in [-0.3, -0.25) is 14.6 Å². The average Bonchev–Trinajstić information content (AvgIpc) is 3.22. The summed E-state index contributed by atoms with van der Waals surface area (Å²) >= 11 is 3.12. The first-order chi connectivity index (χ1) is 15.1. The Morgan fingerprint density at radius 2 is 1.97 bits per heavy atom. The van der Waals surface area contributed by atoms with Crippen LogP contribution in [0.15, 0.2) is 47.4 Å². The lowest BCUT2D eigenvalue weighted by Crippen LogP contribution is -2.43. The molecule has 9 heteroatoms. The van der Waals surface area contributed by atoms with E-state index in [2.05, 4.69) is 36.1 Å². The summed E-state index contributed by atoms with van der Waals surface area (Å²) in [6.07, 6.45) is 0. The number of rotatable bonds is 8. The highest BCUT2D eigenvalue weighted by Crippen LogP contribution is 2.32. The van der Waals surface area contributed by atoms with Crippen LogP contribution in [0.5, 0.6) is 5.75 Å². The number of nitrogens with zero attached hydrogens (tertiary/aromatic N) is 3. The van der Waals surface area contributed by atoms with Gasteiger partial charge >= 0.3 is 0 Å². The van der Waals surface area contributed by atoms with E-state index in [1.807, 2.05) is 23.1 Å². The maximum atomic E-state index is 13.3. The standard InChI is InChI=1S/C23H27N3O3S2.ClH/c1-17-3-6-19(7-4-17)30-16-22(27)26(10-9-25-11-13-29-14-12-25)23-24-20-15-18(28-2)5-8-21(20)31-23;/h3-8,15H,9-14,16H2,1-2H3;1H. The van der Waals surface area contributed by atoms with Gasteiger partial charge in [0.25, 0.3) is 0 Å². The fourth-order valence-electron chi connectivity index (χ4n) is 3.39. The second-order valence-corrected chi connectivity index (χ2v) is 9.49. The fourth-order valence-corrected chi connectivity index (χ4v) is 5.15. The topological polar surface area (TPSA) is 54.9 Å². The Morgan fingerprint density at radius 3 is 2.69 bits per heavy atom. The third-order valence-corrected chi connectivity index (χ3v) is 7.30. The summed E-state index contributed by atoms with van der Waals surface area (Å²) in [6.45, 7) is 6.79. The van der Waals surface area contributed by atoms with Crippen LogP contribution < -0.4 is 9.64 Å². The first-order valence-electron chi connectivity index (χ1n) is 10.4. The molecule has 1 saturated heterocycles. The van der Waals surface area contributed by atoms with Gasteiger partial charge in [0.15, 0.2) is 5.13 Å². The third-order valence-electron chi connectivity index (χ3n) is 5.24. The molecule has 1 aliphatic rings. The lowest BCUT2D eigenvalue weighted by atomic mass is 10.2. The van der Waals surface area contributed by atoms with Crippen molar-refractivity contribution in [3.63, 3.8) is 0 Å². The van der Waals surface area contributed by atoms with Crippen LogP contribution in [0.4, 0.5) is 5.13 Å². The second-order valence-electron chi connectivity index (χ2n) is 7.43. The Balaban J connectivity index is 0.00000289. The van der Waals surface area contributed by atoms with Crippen molar-refractivity contribution in [2.24, 2.45) is 0 Å². The van der Waals surface area contributed by atoms with Gasteiger partial charge in [-0.05, 0) is 31.2 Å². The van der Waals surface area contributed by atoms with Crippen LogP contribution in [0.1, 0.15) is 5.56 Å². The zero-order chi connectivity index (χ0) is 21.6. The van der Waals surface area contributed by atoms with Gasteiger partial charge in [0.1, 0.15) is 5.75 Å². The van der Waals surface area contributed by atoms with Crippen molar-refractivity contribution < 1.29 is 14.3 Å². The van der Waals surface area contributed by atoms with Crippen molar-refractivity contribution >= 4 is 56.8 Å². The minimum Gasteiger partial charge on any atom is -0.497 e. The van der Waals surface area contributed by atoms with Gasteiger partial charge in [-0.2, -0.15) is 0 Å². The Bertz CT molecular complexity index is 1020. The van der Waals surface area contributed by atoms with Crippen molar-refractivity contribution in [1.82, 2.24) is 9.88 Å². The van der Waals surface area contributed by atoms with Crippen molar-refractivity contribution in [3.8, 4) is 5.75 Å². The lowest BCUT2D eigenvalue weighted by Gasteiger charge is -2.29. The molecule has 172 valence electrons. The predicted molar refractivity (Wildman–Crippen MR) is 135 cm³/mol. The van der Waals surface area contributed by atoms with E-state index in [9.17, 15) is 4.79 Å². The highest BCUT2D eigenvalue weighted by Gasteiger charge is 2.22. The van der Waals surface area contributed by atoms with Crippen LogP contribution in [0, 0.1) is 6.92 Å². The molecule has 0 saturated carbocycles. The van der Waals surface area contributed by atoms with Gasteiger partial charge in [0.2, 0.25) is 5.91 Å². The summed E-state index contributed by atoms with van der Waals surface area (Å²) in [5.41, 5.74) is 2.07. The number of benzene rings is 2. The van der Waals surface area contributed by atoms with E-state index in [0.29, 0.717) is 12.3 Å². The molecule has 0 unspecified atom stereocenters. The summed E-state index contributed by atoms with van der Waals surface area (Å²) in [5.74, 6) is 1.22. The molecule has 0 aliphatic carbocycles. The zero-order valence-electron chi connectivity index (χ0n) is 18.3. The molecular formula is C23H28ClN3O3S2. The molecule has 6 nitrogen and oxygen atoms in total. The van der Waals surface area contributed by atoms with E-state index in [-0.39, 0.29) is 18.3 Å². The quantitative estimate of drug-likeness (QED) is 0.431. The number of aromatic nitrogens is 1. The smallest absolute Gasteiger partial charge is 0.239 e. The van der Waals surface area contributed by atoms with Gasteiger partial charge in [0.05, 0.1) is 36.3 Å². The van der Waals surface area contributed by atoms with E-state index < -0.39 is 0 Å². The monoisotopic (exact) mass is 493 g/mol. The summed E-state index contributed by atoms with van der Waals surface area (Å²) in [4.78, 5) is 23.3. The molecular weight excluding hydrogens is 466 g/mol. The Morgan fingerprint density at radius 1 is 1.22 bits per heavy atom. The number of methoxy groups -OCH3 is 1. The number of halogens is 1. The normalized spacial score (nSPS) is 14.2. The summed E-state index contributed by atoms with van der Waals surface area (Å²) in [6, 6.07) is 14.1. The van der Waals surface area contributed by atoms with E-state index in [0.717, 1.165) is 58.8 Å². The minimum atomic E-state index is 0. The van der Waals surface area contributed by atoms with Crippen molar-refractivity contribution in [2.45, 2.75) is 11.8 Å². The zero-order valence-corrected chi connectivity index (χ0v) is 20.7. The average molecular weight is 494 g/mol. The molecule has 2 heterocycles. The van der Waals surface area contributed by atoms with Gasteiger partial charge in [0, 0.05) is 37.1 Å². The number of anilines is 1. The molecule has 1 aromatic heterocycles. The number of amides is 1. The third kappa shape index (κ3) is 6.36. The molecule has 0 radical (unpaired) electrons. The van der Waals surface area contributed by atoms with Crippen LogP contribution in [-0.2, 0) is 9.53 Å². The number of fused-ring (bicyclic) bond motifs is 1. The van der Waals surface area contributed by atoms with E-state index in [4.69, 9.17) is 14.5 Å². The maximum absolute atomic E-state index is 13.3. The largest absolute Gasteiger partial charge is 0.497 e. The molecule has 0 N–H and O–H groups in total. The molecule has 32 heavy (non-hydrogen) atoms. The van der Waals surface area contributed by atoms with E-state index in [1.54, 1.807) is 30.2 Å². The number of hydrogen-bond donors (Lipinski definition) is 0. The molecule has 1 amide bonds. The Hall–Kier alpha value is -1.84. The number of thiazole rings is 1. The molecule has 1 aliphatic heterocycles. The molecule has 2 aromatic carbocycles. The molecule has 0 spiro atoms. The maximum Gasteiger partial charge on any atom is 0.239 e. The van der Waals surface area contributed by atoms with E-state index in [1.165, 1.54) is 5.56 Å². The highest BCUT2D eigenvalue weighted by atomic mass is 35.5. The number of morpholine rings is 1. The van der Waals surface area contributed by atoms with Gasteiger partial charge in [-0.1, -0.05) is 29.0 Å². The van der Waals surface area contributed by atoms with Crippen molar-refractivity contribution in [2.75, 3.05) is 57.2 Å². The SMILES string of the molecule is COc1ccc2sc(N(CCN3CCOCC3)C(=O)CSc3ccc(C)cc3)nc2c1.Cl. The molecule has 4 rings (SSSR count). The summed E-state index contributed by atoms with van der Waals surface area (Å²) in [7, 11) is 1.65. The fraction of sp³-hybridized carbons (Fsp3) is 0.391. The van der Waals surface area contributed by atoms with Crippen molar-refractivity contribution in [3.05, 3.63) is 48.0 Å². The number of thioether (sulfide) groups is 1. The number of carbonyl (C=O) groups is 1. The molecule has 0 atom stereocenters. The molecule has 3 aromatic rings. The first kappa shape index (κ1) is 24.8. The van der Waals surface area contributed by atoms with Crippen LogP contribution >= 0.6 is 35.5 Å². The van der Waals surface area contributed by atoms with E-state index >= 15 is 0 Å². The minimum absolute atomic E-state index is 0. The number of carbonyl (C=O) groups excluding carboxylic acids is 1. The number of aryl methyl sites for hydroxylation is 1. The van der Waals surface area contributed by atoms with Gasteiger partial charge < -0.3 is 9.47 Å². The van der Waals surface area contributed by atoms with Crippen LogP contribution in [0.3, 0.4) is 0 Å². The van der Waals surface area contributed by atoms with Crippen molar-refractivity contribution in [1.29, 1.82) is 0 Å². The first-order valence-corrected chi connectivity index (χ1v) is 12.2. The Labute approximate surface area is 203 Å². The second kappa shape index (κ2) is 11.9. The van der Waals surface area contributed by atoms with Crippen LogP contribution in [0.2, 0.25) is 0 Å². The summed E-state index contributed by atoms with van der Waals surface area (Å²) in [5, 5.41) is 0.742. The molecule has 0 bridgehead atoms. The van der Waals surface area contributed by atoms with Gasteiger partial charge in [-0.25, -0.2) is 4.98 Å². The predicted octanol–water partition coefficient (Wildman–Crippen LogP) is 4.49. The van der Waals surface area contributed by atoms with Gasteiger partial charge in [-0.15, -0.1) is 24.2 Å². The van der Waals surface area contributed by atoms with Crippen LogP contribution in [0.25, 0.3) is 10.2 Å².